The van der Waals surface area contributed by atoms with Gasteiger partial charge in [-0.1, -0.05) is 31.2 Å². The molecule has 0 aromatic heterocycles. The first-order chi connectivity index (χ1) is 12.8. The van der Waals surface area contributed by atoms with Gasteiger partial charge in [0, 0.05) is 12.2 Å². The Hall–Kier alpha value is -2.38. The molecule has 1 amide bonds. The molecule has 0 aliphatic rings. The molecule has 7 heteroatoms. The highest BCUT2D eigenvalue weighted by Crippen LogP contribution is 2.13. The zero-order chi connectivity index (χ0) is 19.9. The first-order valence-electron chi connectivity index (χ1n) is 8.78. The molecule has 6 nitrogen and oxygen atoms in total. The number of nitrogens with zero attached hydrogens (tertiary/aromatic N) is 1. The quantitative estimate of drug-likeness (QED) is 0.714. The summed E-state index contributed by atoms with van der Waals surface area (Å²) in [5.41, 5.74) is 2.80. The number of aryl methyl sites for hydroxylation is 1. The van der Waals surface area contributed by atoms with E-state index in [1.807, 2.05) is 48.5 Å². The number of ether oxygens (including phenoxy) is 1. The Bertz CT molecular complexity index is 847. The molecule has 0 radical (unpaired) electrons. The summed E-state index contributed by atoms with van der Waals surface area (Å²) in [5, 5.41) is 2.75. The van der Waals surface area contributed by atoms with Crippen molar-refractivity contribution < 1.29 is 17.9 Å². The summed E-state index contributed by atoms with van der Waals surface area (Å²) in [6, 6.07) is 14.9. The van der Waals surface area contributed by atoms with Crippen LogP contribution >= 0.6 is 0 Å². The maximum Gasteiger partial charge on any atom is 0.239 e. The molecule has 0 fully saturated rings. The van der Waals surface area contributed by atoms with Crippen LogP contribution < -0.4 is 10.1 Å². The van der Waals surface area contributed by atoms with Crippen molar-refractivity contribution in [3.05, 3.63) is 59.7 Å². The molecular formula is C20H26N2O4S. The predicted octanol–water partition coefficient (Wildman–Crippen LogP) is 2.70. The fourth-order valence-electron chi connectivity index (χ4n) is 2.59. The van der Waals surface area contributed by atoms with Crippen LogP contribution in [0.25, 0.3) is 0 Å². The lowest BCUT2D eigenvalue weighted by Crippen LogP contribution is -2.38. The van der Waals surface area contributed by atoms with Crippen molar-refractivity contribution in [1.29, 1.82) is 0 Å². The molecular weight excluding hydrogens is 364 g/mol. The van der Waals surface area contributed by atoms with Crippen molar-refractivity contribution in [2.24, 2.45) is 0 Å². The van der Waals surface area contributed by atoms with Gasteiger partial charge >= 0.3 is 0 Å². The van der Waals surface area contributed by atoms with E-state index in [1.54, 1.807) is 7.11 Å². The number of sulfonamides is 1. The van der Waals surface area contributed by atoms with Crippen LogP contribution in [-0.4, -0.2) is 45.1 Å². The maximum absolute atomic E-state index is 12.3. The van der Waals surface area contributed by atoms with Gasteiger partial charge in [-0.05, 0) is 48.2 Å². The fraction of sp³-hybridized carbons (Fsp3) is 0.350. The highest BCUT2D eigenvalue weighted by Gasteiger charge is 2.20. The lowest BCUT2D eigenvalue weighted by molar-refractivity contribution is -0.116. The van der Waals surface area contributed by atoms with Crippen molar-refractivity contribution >= 4 is 21.6 Å². The Morgan fingerprint density at radius 3 is 2.15 bits per heavy atom. The SMILES string of the molecule is CCc1ccc(NC(=O)CN(CCc2ccc(OC)cc2)S(C)(=O)=O)cc1. The number of hydrogen-bond acceptors (Lipinski definition) is 4. The van der Waals surface area contributed by atoms with E-state index in [1.165, 1.54) is 9.87 Å². The molecule has 146 valence electrons. The minimum atomic E-state index is -3.50. The summed E-state index contributed by atoms with van der Waals surface area (Å²) in [6.07, 6.45) is 2.54. The van der Waals surface area contributed by atoms with Crippen molar-refractivity contribution in [3.63, 3.8) is 0 Å². The highest BCUT2D eigenvalue weighted by molar-refractivity contribution is 7.88. The smallest absolute Gasteiger partial charge is 0.239 e. The highest BCUT2D eigenvalue weighted by atomic mass is 32.2. The van der Waals surface area contributed by atoms with E-state index in [4.69, 9.17) is 4.74 Å². The standard InChI is InChI=1S/C20H26N2O4S/c1-4-16-5-9-18(10-6-16)21-20(23)15-22(27(3,24)25)14-13-17-7-11-19(26-2)12-8-17/h5-12H,4,13-15H2,1-3H3,(H,21,23). The van der Waals surface area contributed by atoms with Crippen LogP contribution in [0.1, 0.15) is 18.1 Å². The van der Waals surface area contributed by atoms with E-state index in [-0.39, 0.29) is 19.0 Å². The number of nitrogens with one attached hydrogen (secondary N) is 1. The van der Waals surface area contributed by atoms with Gasteiger partial charge in [0.25, 0.3) is 0 Å². The Morgan fingerprint density at radius 1 is 1.04 bits per heavy atom. The zero-order valence-electron chi connectivity index (χ0n) is 15.9. The number of anilines is 1. The van der Waals surface area contributed by atoms with Gasteiger partial charge in [-0.15, -0.1) is 0 Å². The van der Waals surface area contributed by atoms with Crippen LogP contribution in [-0.2, 0) is 27.7 Å². The van der Waals surface area contributed by atoms with E-state index >= 15 is 0 Å². The molecule has 1 N–H and O–H groups in total. The third-order valence-corrected chi connectivity index (χ3v) is 5.49. The molecule has 27 heavy (non-hydrogen) atoms. The Balaban J connectivity index is 1.97. The third kappa shape index (κ3) is 6.69. The van der Waals surface area contributed by atoms with E-state index in [0.29, 0.717) is 12.1 Å². The third-order valence-electron chi connectivity index (χ3n) is 4.24. The molecule has 2 aromatic rings. The minimum absolute atomic E-state index is 0.218. The van der Waals surface area contributed by atoms with Crippen molar-refractivity contribution in [2.75, 3.05) is 31.8 Å². The number of carbonyl (C=O) groups is 1. The summed E-state index contributed by atoms with van der Waals surface area (Å²) in [7, 11) is -1.91. The first kappa shape index (κ1) is 20.9. The molecule has 0 saturated heterocycles. The van der Waals surface area contributed by atoms with Crippen LogP contribution in [0.15, 0.2) is 48.5 Å². The number of benzene rings is 2. The molecule has 0 unspecified atom stereocenters. The average molecular weight is 391 g/mol. The second kappa shape index (κ2) is 9.53. The van der Waals surface area contributed by atoms with E-state index in [9.17, 15) is 13.2 Å². The van der Waals surface area contributed by atoms with Gasteiger partial charge < -0.3 is 10.1 Å². The van der Waals surface area contributed by atoms with Crippen molar-refractivity contribution in [3.8, 4) is 5.75 Å². The number of amides is 1. The first-order valence-corrected chi connectivity index (χ1v) is 10.6. The summed E-state index contributed by atoms with van der Waals surface area (Å²) in [6.45, 7) is 2.07. The molecule has 0 bridgehead atoms. The number of methoxy groups -OCH3 is 1. The minimum Gasteiger partial charge on any atom is -0.497 e. The fourth-order valence-corrected chi connectivity index (χ4v) is 3.37. The van der Waals surface area contributed by atoms with Gasteiger partial charge in [-0.3, -0.25) is 4.79 Å². The Kier molecular flexibility index (Phi) is 7.38. The normalized spacial score (nSPS) is 11.4. The second-order valence-electron chi connectivity index (χ2n) is 6.29. The summed E-state index contributed by atoms with van der Waals surface area (Å²) in [5.74, 6) is 0.381. The van der Waals surface area contributed by atoms with Crippen LogP contribution in [0.5, 0.6) is 5.75 Å². The summed E-state index contributed by atoms with van der Waals surface area (Å²) >= 11 is 0. The largest absolute Gasteiger partial charge is 0.497 e. The monoisotopic (exact) mass is 390 g/mol. The van der Waals surface area contributed by atoms with Crippen LogP contribution in [0.4, 0.5) is 5.69 Å². The average Bonchev–Trinajstić information content (AvgIpc) is 2.65. The molecule has 0 aliphatic carbocycles. The van der Waals surface area contributed by atoms with Crippen molar-refractivity contribution in [2.45, 2.75) is 19.8 Å². The number of carbonyl (C=O) groups excluding carboxylic acids is 1. The van der Waals surface area contributed by atoms with Gasteiger partial charge in [0.15, 0.2) is 0 Å². The zero-order valence-corrected chi connectivity index (χ0v) is 16.8. The van der Waals surface area contributed by atoms with Gasteiger partial charge in [0.2, 0.25) is 15.9 Å². The summed E-state index contributed by atoms with van der Waals surface area (Å²) in [4.78, 5) is 12.3. The summed E-state index contributed by atoms with van der Waals surface area (Å²) < 4.78 is 30.4. The van der Waals surface area contributed by atoms with Gasteiger partial charge in [-0.2, -0.15) is 4.31 Å². The lowest BCUT2D eigenvalue weighted by Gasteiger charge is -2.19. The van der Waals surface area contributed by atoms with E-state index in [0.717, 1.165) is 24.0 Å². The molecule has 0 aliphatic heterocycles. The molecule has 0 spiro atoms. The van der Waals surface area contributed by atoms with Crippen LogP contribution in [0, 0.1) is 0 Å². The van der Waals surface area contributed by atoms with Crippen LogP contribution in [0.2, 0.25) is 0 Å². The maximum atomic E-state index is 12.3. The number of hydrogen-bond donors (Lipinski definition) is 1. The Labute approximate surface area is 161 Å². The topological polar surface area (TPSA) is 75.7 Å². The van der Waals surface area contributed by atoms with Crippen molar-refractivity contribution in [1.82, 2.24) is 4.31 Å². The predicted molar refractivity (Wildman–Crippen MR) is 108 cm³/mol. The molecule has 2 rings (SSSR count). The Morgan fingerprint density at radius 2 is 1.63 bits per heavy atom. The van der Waals surface area contributed by atoms with Crippen LogP contribution in [0.3, 0.4) is 0 Å². The molecule has 0 heterocycles. The van der Waals surface area contributed by atoms with Gasteiger partial charge in [0.05, 0.1) is 19.9 Å². The van der Waals surface area contributed by atoms with E-state index < -0.39 is 10.0 Å². The van der Waals surface area contributed by atoms with Gasteiger partial charge in [-0.25, -0.2) is 8.42 Å². The lowest BCUT2D eigenvalue weighted by atomic mass is 10.1. The number of rotatable bonds is 9. The molecule has 0 saturated carbocycles. The van der Waals surface area contributed by atoms with Gasteiger partial charge in [0.1, 0.15) is 5.75 Å². The van der Waals surface area contributed by atoms with E-state index in [2.05, 4.69) is 12.2 Å². The molecule has 0 atom stereocenters. The molecule has 2 aromatic carbocycles. The second-order valence-corrected chi connectivity index (χ2v) is 8.28.